The van der Waals surface area contributed by atoms with Crippen molar-refractivity contribution in [3.63, 3.8) is 0 Å². The Balaban J connectivity index is 1.93. The highest BCUT2D eigenvalue weighted by molar-refractivity contribution is 5.21. The topological polar surface area (TPSA) is 42.7 Å². The van der Waals surface area contributed by atoms with Gasteiger partial charge in [0.1, 0.15) is 0 Å². The fourth-order valence-corrected chi connectivity index (χ4v) is 2.35. The second-order valence-corrected chi connectivity index (χ2v) is 5.63. The highest BCUT2D eigenvalue weighted by Gasteiger charge is 2.12. The Morgan fingerprint density at radius 1 is 1.25 bits per heavy atom. The lowest BCUT2D eigenvalue weighted by Gasteiger charge is -2.15. The van der Waals surface area contributed by atoms with Crippen LogP contribution in [0.3, 0.4) is 0 Å². The molecule has 0 aliphatic heterocycles. The summed E-state index contributed by atoms with van der Waals surface area (Å²) >= 11 is 0. The van der Waals surface area contributed by atoms with E-state index < -0.39 is 0 Å². The van der Waals surface area contributed by atoms with Crippen molar-refractivity contribution in [2.24, 2.45) is 7.05 Å². The lowest BCUT2D eigenvalue weighted by Crippen LogP contribution is -2.29. The molecule has 1 N–H and O–H groups in total. The molecule has 108 valence electrons. The van der Waals surface area contributed by atoms with E-state index in [1.807, 2.05) is 36.3 Å². The van der Waals surface area contributed by atoms with Crippen molar-refractivity contribution in [3.05, 3.63) is 47.5 Å². The minimum atomic E-state index is 0.389. The number of aryl methyl sites for hydroxylation is 1. The Hall–Kier alpha value is -1.68. The van der Waals surface area contributed by atoms with E-state index in [1.165, 1.54) is 11.3 Å². The smallest absolute Gasteiger partial charge is 0.0553 e. The molecule has 20 heavy (non-hydrogen) atoms. The van der Waals surface area contributed by atoms with E-state index in [-0.39, 0.29) is 0 Å². The van der Waals surface area contributed by atoms with Gasteiger partial charge in [-0.15, -0.1) is 0 Å². The summed E-state index contributed by atoms with van der Waals surface area (Å²) < 4.78 is 1.97. The van der Waals surface area contributed by atoms with Crippen LogP contribution in [0.4, 0.5) is 0 Å². The summed E-state index contributed by atoms with van der Waals surface area (Å²) in [6.45, 7) is 7.45. The van der Waals surface area contributed by atoms with Gasteiger partial charge in [-0.3, -0.25) is 9.67 Å². The summed E-state index contributed by atoms with van der Waals surface area (Å²) in [4.78, 5) is 4.37. The van der Waals surface area contributed by atoms with E-state index in [9.17, 15) is 0 Å². The van der Waals surface area contributed by atoms with E-state index in [0.29, 0.717) is 12.0 Å². The number of nitrogens with one attached hydrogen (secondary N) is 1. The average molecular weight is 272 g/mol. The SMILES string of the molecule is CC(Cc1ccccn1)NCc1c(C(C)C)cnn1C. The minimum absolute atomic E-state index is 0.389. The van der Waals surface area contributed by atoms with Gasteiger partial charge in [-0.25, -0.2) is 0 Å². The van der Waals surface area contributed by atoms with Crippen LogP contribution in [-0.4, -0.2) is 20.8 Å². The third-order valence-corrected chi connectivity index (χ3v) is 3.58. The lowest BCUT2D eigenvalue weighted by atomic mass is 10.0. The van der Waals surface area contributed by atoms with Gasteiger partial charge in [0.05, 0.1) is 11.9 Å². The molecule has 0 radical (unpaired) electrons. The maximum atomic E-state index is 4.37. The van der Waals surface area contributed by atoms with Crippen LogP contribution in [0.2, 0.25) is 0 Å². The van der Waals surface area contributed by atoms with Gasteiger partial charge in [-0.05, 0) is 30.5 Å². The monoisotopic (exact) mass is 272 g/mol. The van der Waals surface area contributed by atoms with Crippen LogP contribution in [0.1, 0.15) is 43.6 Å². The van der Waals surface area contributed by atoms with Gasteiger partial charge < -0.3 is 5.32 Å². The maximum absolute atomic E-state index is 4.37. The number of hydrogen-bond acceptors (Lipinski definition) is 3. The van der Waals surface area contributed by atoms with E-state index in [2.05, 4.69) is 42.2 Å². The Bertz CT molecular complexity index is 531. The third kappa shape index (κ3) is 3.67. The highest BCUT2D eigenvalue weighted by atomic mass is 15.3. The van der Waals surface area contributed by atoms with E-state index in [4.69, 9.17) is 0 Å². The van der Waals surface area contributed by atoms with Crippen molar-refractivity contribution >= 4 is 0 Å². The van der Waals surface area contributed by atoms with Crippen molar-refractivity contribution in [2.45, 2.75) is 45.7 Å². The quantitative estimate of drug-likeness (QED) is 0.879. The van der Waals surface area contributed by atoms with Crippen LogP contribution in [0.5, 0.6) is 0 Å². The Labute approximate surface area is 121 Å². The van der Waals surface area contributed by atoms with Gasteiger partial charge in [-0.2, -0.15) is 5.10 Å². The summed E-state index contributed by atoms with van der Waals surface area (Å²) in [6.07, 6.45) is 4.76. The first-order valence-electron chi connectivity index (χ1n) is 7.22. The van der Waals surface area contributed by atoms with Gasteiger partial charge in [0.25, 0.3) is 0 Å². The molecule has 0 aromatic carbocycles. The molecule has 0 saturated heterocycles. The first-order valence-corrected chi connectivity index (χ1v) is 7.22. The molecule has 0 spiro atoms. The minimum Gasteiger partial charge on any atom is -0.308 e. The predicted molar refractivity (Wildman–Crippen MR) is 81.5 cm³/mol. The third-order valence-electron chi connectivity index (χ3n) is 3.58. The number of aromatic nitrogens is 3. The zero-order valence-corrected chi connectivity index (χ0v) is 12.8. The summed E-state index contributed by atoms with van der Waals surface area (Å²) in [5.74, 6) is 0.506. The van der Waals surface area contributed by atoms with Gasteiger partial charge in [0.2, 0.25) is 0 Å². The number of pyridine rings is 1. The Kier molecular flexibility index (Phi) is 4.90. The van der Waals surface area contributed by atoms with Crippen molar-refractivity contribution in [2.75, 3.05) is 0 Å². The molecule has 1 unspecified atom stereocenters. The van der Waals surface area contributed by atoms with Crippen LogP contribution in [0, 0.1) is 0 Å². The molecule has 0 aliphatic rings. The molecule has 0 fully saturated rings. The normalized spacial score (nSPS) is 12.8. The van der Waals surface area contributed by atoms with Crippen LogP contribution in [0.25, 0.3) is 0 Å². The molecule has 4 heteroatoms. The molecule has 2 aromatic rings. The second kappa shape index (κ2) is 6.66. The maximum Gasteiger partial charge on any atom is 0.0553 e. The van der Waals surface area contributed by atoms with Crippen molar-refractivity contribution < 1.29 is 0 Å². The number of rotatable bonds is 6. The van der Waals surface area contributed by atoms with Crippen molar-refractivity contribution in [1.29, 1.82) is 0 Å². The summed E-state index contributed by atoms with van der Waals surface area (Å²) in [5.41, 5.74) is 3.72. The Morgan fingerprint density at radius 3 is 2.70 bits per heavy atom. The average Bonchev–Trinajstić information content (AvgIpc) is 2.79. The molecule has 0 amide bonds. The molecule has 0 aliphatic carbocycles. The zero-order chi connectivity index (χ0) is 14.5. The molecular formula is C16H24N4. The fourth-order valence-electron chi connectivity index (χ4n) is 2.35. The lowest BCUT2D eigenvalue weighted by molar-refractivity contribution is 0.518. The van der Waals surface area contributed by atoms with Gasteiger partial charge in [0.15, 0.2) is 0 Å². The first-order chi connectivity index (χ1) is 9.58. The molecule has 0 bridgehead atoms. The second-order valence-electron chi connectivity index (χ2n) is 5.63. The largest absolute Gasteiger partial charge is 0.308 e. The standard InChI is InChI=1S/C16H24N4/c1-12(2)15-10-19-20(4)16(15)11-18-13(3)9-14-7-5-6-8-17-14/h5-8,10,12-13,18H,9,11H2,1-4H3. The Morgan fingerprint density at radius 2 is 2.05 bits per heavy atom. The van der Waals surface area contributed by atoms with Crippen LogP contribution in [0.15, 0.2) is 30.6 Å². The van der Waals surface area contributed by atoms with Crippen LogP contribution in [-0.2, 0) is 20.0 Å². The molecule has 2 rings (SSSR count). The molecule has 1 atom stereocenters. The van der Waals surface area contributed by atoms with Crippen molar-refractivity contribution in [1.82, 2.24) is 20.1 Å². The van der Waals surface area contributed by atoms with Crippen LogP contribution >= 0.6 is 0 Å². The fraction of sp³-hybridized carbons (Fsp3) is 0.500. The molecule has 2 heterocycles. The molecule has 0 saturated carbocycles. The number of hydrogen-bond donors (Lipinski definition) is 1. The van der Waals surface area contributed by atoms with E-state index >= 15 is 0 Å². The first kappa shape index (κ1) is 14.7. The highest BCUT2D eigenvalue weighted by Crippen LogP contribution is 2.18. The van der Waals surface area contributed by atoms with Crippen molar-refractivity contribution in [3.8, 4) is 0 Å². The van der Waals surface area contributed by atoms with E-state index in [0.717, 1.165) is 18.7 Å². The zero-order valence-electron chi connectivity index (χ0n) is 12.8. The van der Waals surface area contributed by atoms with Gasteiger partial charge in [-0.1, -0.05) is 19.9 Å². The predicted octanol–water partition coefficient (Wildman–Crippen LogP) is 2.66. The summed E-state index contributed by atoms with van der Waals surface area (Å²) in [7, 11) is 2.01. The molecular weight excluding hydrogens is 248 g/mol. The number of nitrogens with zero attached hydrogens (tertiary/aromatic N) is 3. The summed E-state index contributed by atoms with van der Waals surface area (Å²) in [6, 6.07) is 6.45. The van der Waals surface area contributed by atoms with Crippen LogP contribution < -0.4 is 5.32 Å². The molecule has 2 aromatic heterocycles. The molecule has 4 nitrogen and oxygen atoms in total. The summed E-state index contributed by atoms with van der Waals surface area (Å²) in [5, 5.41) is 7.93. The van der Waals surface area contributed by atoms with Gasteiger partial charge >= 0.3 is 0 Å². The van der Waals surface area contributed by atoms with Gasteiger partial charge in [0, 0.05) is 37.9 Å². The van der Waals surface area contributed by atoms with E-state index in [1.54, 1.807) is 0 Å².